The molecule has 2 aromatic rings. The van der Waals surface area contributed by atoms with Gasteiger partial charge in [-0.3, -0.25) is 9.69 Å². The molecule has 0 aromatic heterocycles. The first-order valence-corrected chi connectivity index (χ1v) is 10.1. The van der Waals surface area contributed by atoms with E-state index in [4.69, 9.17) is 0 Å². The van der Waals surface area contributed by atoms with Crippen LogP contribution in [0.2, 0.25) is 0 Å². The second-order valence-corrected chi connectivity index (χ2v) is 7.80. The van der Waals surface area contributed by atoms with E-state index in [0.717, 1.165) is 17.8 Å². The van der Waals surface area contributed by atoms with Crippen molar-refractivity contribution < 1.29 is 9.59 Å². The molecule has 3 N–H and O–H groups in total. The SMILES string of the molecule is CC(CNC(=O)NCc1cccc(NC(=O)CN(C)C)c1)N(C)Cc1ccccc1. The second kappa shape index (κ2) is 11.9. The van der Waals surface area contributed by atoms with Crippen molar-refractivity contribution in [3.8, 4) is 0 Å². The maximum atomic E-state index is 12.2. The fourth-order valence-electron chi connectivity index (χ4n) is 2.92. The molecule has 0 spiro atoms. The Kier molecular flexibility index (Phi) is 9.31. The molecule has 0 bridgehead atoms. The minimum absolute atomic E-state index is 0.0727. The van der Waals surface area contributed by atoms with Crippen molar-refractivity contribution in [2.45, 2.75) is 26.1 Å². The topological polar surface area (TPSA) is 76.7 Å². The number of likely N-dealkylation sites (N-methyl/N-ethyl adjacent to an activating group) is 2. The number of hydrogen-bond acceptors (Lipinski definition) is 4. The Bertz CT molecular complexity index is 810. The molecule has 2 rings (SSSR count). The summed E-state index contributed by atoms with van der Waals surface area (Å²) in [5.74, 6) is -0.0727. The molecule has 0 saturated carbocycles. The van der Waals surface area contributed by atoms with E-state index in [0.29, 0.717) is 19.6 Å². The molecule has 0 radical (unpaired) electrons. The fraction of sp³-hybridized carbons (Fsp3) is 0.391. The standard InChI is InChI=1S/C23H33N5O2/c1-18(28(4)16-19-9-6-5-7-10-19)14-24-23(30)25-15-20-11-8-12-21(13-20)26-22(29)17-27(2)3/h5-13,18H,14-17H2,1-4H3,(H,26,29)(H2,24,25,30). The predicted octanol–water partition coefficient (Wildman–Crippen LogP) is 2.51. The Balaban J connectivity index is 1.73. The number of benzene rings is 2. The van der Waals surface area contributed by atoms with Gasteiger partial charge in [0.1, 0.15) is 0 Å². The molecule has 0 aliphatic carbocycles. The third kappa shape index (κ3) is 8.63. The molecular formula is C23H33N5O2. The number of carbonyl (C=O) groups is 2. The maximum absolute atomic E-state index is 12.2. The second-order valence-electron chi connectivity index (χ2n) is 7.80. The Hall–Kier alpha value is -2.90. The molecule has 3 amide bonds. The number of amides is 3. The highest BCUT2D eigenvalue weighted by atomic mass is 16.2. The molecule has 0 heterocycles. The monoisotopic (exact) mass is 411 g/mol. The van der Waals surface area contributed by atoms with Gasteiger partial charge < -0.3 is 20.9 Å². The van der Waals surface area contributed by atoms with Crippen molar-refractivity contribution >= 4 is 17.6 Å². The van der Waals surface area contributed by atoms with E-state index in [9.17, 15) is 9.59 Å². The summed E-state index contributed by atoms with van der Waals surface area (Å²) in [6, 6.07) is 17.7. The Labute approximate surface area is 179 Å². The van der Waals surface area contributed by atoms with Crippen LogP contribution in [0.3, 0.4) is 0 Å². The van der Waals surface area contributed by atoms with Crippen LogP contribution in [0.15, 0.2) is 54.6 Å². The van der Waals surface area contributed by atoms with Crippen molar-refractivity contribution in [2.75, 3.05) is 39.5 Å². The van der Waals surface area contributed by atoms with Gasteiger partial charge in [-0.2, -0.15) is 0 Å². The maximum Gasteiger partial charge on any atom is 0.315 e. The molecule has 30 heavy (non-hydrogen) atoms. The molecule has 7 heteroatoms. The number of rotatable bonds is 10. The van der Waals surface area contributed by atoms with E-state index < -0.39 is 0 Å². The van der Waals surface area contributed by atoms with Crippen LogP contribution >= 0.6 is 0 Å². The van der Waals surface area contributed by atoms with E-state index >= 15 is 0 Å². The number of anilines is 1. The molecule has 0 saturated heterocycles. The number of hydrogen-bond donors (Lipinski definition) is 3. The average Bonchev–Trinajstić information content (AvgIpc) is 2.70. The Morgan fingerprint density at radius 2 is 1.63 bits per heavy atom. The van der Waals surface area contributed by atoms with E-state index in [2.05, 4.69) is 39.9 Å². The molecular weight excluding hydrogens is 378 g/mol. The lowest BCUT2D eigenvalue weighted by Crippen LogP contribution is -2.43. The van der Waals surface area contributed by atoms with Crippen LogP contribution in [0.5, 0.6) is 0 Å². The van der Waals surface area contributed by atoms with Crippen LogP contribution in [0.25, 0.3) is 0 Å². The van der Waals surface area contributed by atoms with Gasteiger partial charge in [0.25, 0.3) is 0 Å². The third-order valence-corrected chi connectivity index (χ3v) is 4.71. The summed E-state index contributed by atoms with van der Waals surface area (Å²) >= 11 is 0. The van der Waals surface area contributed by atoms with Crippen molar-refractivity contribution in [3.63, 3.8) is 0 Å². The summed E-state index contributed by atoms with van der Waals surface area (Å²) in [5, 5.41) is 8.65. The number of nitrogens with zero attached hydrogens (tertiary/aromatic N) is 2. The molecule has 0 fully saturated rings. The van der Waals surface area contributed by atoms with Crippen molar-refractivity contribution in [1.82, 2.24) is 20.4 Å². The van der Waals surface area contributed by atoms with Gasteiger partial charge in [0.2, 0.25) is 5.91 Å². The van der Waals surface area contributed by atoms with Crippen LogP contribution in [-0.4, -0.2) is 62.0 Å². The summed E-state index contributed by atoms with van der Waals surface area (Å²) in [6.07, 6.45) is 0. The lowest BCUT2D eigenvalue weighted by Gasteiger charge is -2.25. The zero-order valence-electron chi connectivity index (χ0n) is 18.3. The zero-order chi connectivity index (χ0) is 21.9. The van der Waals surface area contributed by atoms with Gasteiger partial charge in [0.05, 0.1) is 6.54 Å². The van der Waals surface area contributed by atoms with Crippen molar-refractivity contribution in [1.29, 1.82) is 0 Å². The zero-order valence-corrected chi connectivity index (χ0v) is 18.3. The summed E-state index contributed by atoms with van der Waals surface area (Å²) in [5.41, 5.74) is 2.88. The average molecular weight is 412 g/mol. The van der Waals surface area contributed by atoms with Crippen LogP contribution in [0, 0.1) is 0 Å². The van der Waals surface area contributed by atoms with E-state index in [1.807, 2.05) is 68.5 Å². The quantitative estimate of drug-likeness (QED) is 0.562. The van der Waals surface area contributed by atoms with Crippen LogP contribution in [0.4, 0.5) is 10.5 Å². The van der Waals surface area contributed by atoms with Crippen molar-refractivity contribution in [3.05, 3.63) is 65.7 Å². The highest BCUT2D eigenvalue weighted by Crippen LogP contribution is 2.10. The van der Waals surface area contributed by atoms with Crippen LogP contribution in [0.1, 0.15) is 18.1 Å². The van der Waals surface area contributed by atoms with Gasteiger partial charge in [0.15, 0.2) is 0 Å². The minimum Gasteiger partial charge on any atom is -0.337 e. The van der Waals surface area contributed by atoms with E-state index in [1.165, 1.54) is 5.56 Å². The highest BCUT2D eigenvalue weighted by Gasteiger charge is 2.11. The van der Waals surface area contributed by atoms with Crippen molar-refractivity contribution in [2.24, 2.45) is 0 Å². The van der Waals surface area contributed by atoms with E-state index in [-0.39, 0.29) is 18.0 Å². The molecule has 1 atom stereocenters. The van der Waals surface area contributed by atoms with Gasteiger partial charge >= 0.3 is 6.03 Å². The molecule has 2 aromatic carbocycles. The highest BCUT2D eigenvalue weighted by molar-refractivity contribution is 5.92. The first kappa shape index (κ1) is 23.4. The lowest BCUT2D eigenvalue weighted by atomic mass is 10.2. The number of nitrogens with one attached hydrogen (secondary N) is 3. The smallest absolute Gasteiger partial charge is 0.315 e. The summed E-state index contributed by atoms with van der Waals surface area (Å²) in [7, 11) is 5.74. The number of urea groups is 1. The molecule has 1 unspecified atom stereocenters. The van der Waals surface area contributed by atoms with E-state index in [1.54, 1.807) is 0 Å². The van der Waals surface area contributed by atoms with Gasteiger partial charge in [-0.25, -0.2) is 4.79 Å². The van der Waals surface area contributed by atoms with Gasteiger partial charge in [-0.1, -0.05) is 42.5 Å². The van der Waals surface area contributed by atoms with Crippen LogP contribution < -0.4 is 16.0 Å². The Morgan fingerprint density at radius 3 is 2.33 bits per heavy atom. The largest absolute Gasteiger partial charge is 0.337 e. The normalized spacial score (nSPS) is 11.9. The predicted molar refractivity (Wildman–Crippen MR) is 121 cm³/mol. The summed E-state index contributed by atoms with van der Waals surface area (Å²) in [4.78, 5) is 28.1. The fourth-order valence-corrected chi connectivity index (χ4v) is 2.92. The first-order valence-electron chi connectivity index (χ1n) is 10.1. The minimum atomic E-state index is -0.211. The van der Waals surface area contributed by atoms with Gasteiger partial charge in [0, 0.05) is 31.4 Å². The third-order valence-electron chi connectivity index (χ3n) is 4.71. The Morgan fingerprint density at radius 1 is 0.933 bits per heavy atom. The van der Waals surface area contributed by atoms with Gasteiger partial charge in [-0.15, -0.1) is 0 Å². The summed E-state index contributed by atoms with van der Waals surface area (Å²) in [6.45, 7) is 4.18. The first-order chi connectivity index (χ1) is 14.3. The summed E-state index contributed by atoms with van der Waals surface area (Å²) < 4.78 is 0. The molecule has 0 aliphatic heterocycles. The lowest BCUT2D eigenvalue weighted by molar-refractivity contribution is -0.116. The molecule has 0 aliphatic rings. The van der Waals surface area contributed by atoms with Gasteiger partial charge in [-0.05, 0) is 51.3 Å². The molecule has 7 nitrogen and oxygen atoms in total. The molecule has 162 valence electrons. The number of carbonyl (C=O) groups excluding carboxylic acids is 2. The van der Waals surface area contributed by atoms with Crippen LogP contribution in [-0.2, 0) is 17.9 Å².